The molecule has 2 atom stereocenters. The molecule has 0 aliphatic carbocycles. The van der Waals surface area contributed by atoms with Gasteiger partial charge in [0.1, 0.15) is 0 Å². The summed E-state index contributed by atoms with van der Waals surface area (Å²) in [6.45, 7) is 11.3. The van der Waals surface area contributed by atoms with Crippen LogP contribution in [0.5, 0.6) is 0 Å². The maximum absolute atomic E-state index is 13.8. The molecular formula is C25H38F3N5O2. The van der Waals surface area contributed by atoms with Gasteiger partial charge < -0.3 is 19.9 Å². The van der Waals surface area contributed by atoms with Crippen molar-refractivity contribution in [1.82, 2.24) is 20.0 Å². The zero-order valence-electron chi connectivity index (χ0n) is 20.8. The molecule has 7 nitrogen and oxygen atoms in total. The topological polar surface area (TPSA) is 51.3 Å². The molecule has 1 aromatic rings. The molecule has 0 bridgehead atoms. The van der Waals surface area contributed by atoms with Crippen LogP contribution in [-0.2, 0) is 17.5 Å². The number of nitrogens with zero attached hydrogens (tertiary/aromatic N) is 4. The summed E-state index contributed by atoms with van der Waals surface area (Å²) in [6.07, 6.45) is -1.99. The predicted molar refractivity (Wildman–Crippen MR) is 130 cm³/mol. The highest BCUT2D eigenvalue weighted by Gasteiger charge is 2.34. The Bertz CT molecular complexity index is 844. The number of anilines is 1. The SMILES string of the molecule is CC1CCC(C)N1CCN1CCN(C(=O)NCc2ccc(N3CCOCC3)cc2C(F)(F)F)CC1. The van der Waals surface area contributed by atoms with E-state index < -0.39 is 11.7 Å². The average molecular weight is 498 g/mol. The fraction of sp³-hybridized carbons (Fsp3) is 0.720. The summed E-state index contributed by atoms with van der Waals surface area (Å²) < 4.78 is 46.6. The lowest BCUT2D eigenvalue weighted by Crippen LogP contribution is -2.53. The molecule has 0 spiro atoms. The lowest BCUT2D eigenvalue weighted by atomic mass is 10.0. The lowest BCUT2D eigenvalue weighted by Gasteiger charge is -2.36. The van der Waals surface area contributed by atoms with Crippen molar-refractivity contribution in [2.75, 3.05) is 70.5 Å². The molecule has 0 radical (unpaired) electrons. The molecule has 3 heterocycles. The number of hydrogen-bond acceptors (Lipinski definition) is 5. The van der Waals surface area contributed by atoms with Crippen molar-refractivity contribution in [3.63, 3.8) is 0 Å². The zero-order valence-corrected chi connectivity index (χ0v) is 20.8. The van der Waals surface area contributed by atoms with E-state index in [1.807, 2.05) is 4.90 Å². The van der Waals surface area contributed by atoms with E-state index in [4.69, 9.17) is 4.74 Å². The second-order valence-electron chi connectivity index (χ2n) is 9.94. The van der Waals surface area contributed by atoms with Gasteiger partial charge in [0, 0.05) is 76.7 Å². The van der Waals surface area contributed by atoms with Gasteiger partial charge in [0.25, 0.3) is 0 Å². The van der Waals surface area contributed by atoms with E-state index >= 15 is 0 Å². The Morgan fingerprint density at radius 1 is 1.00 bits per heavy atom. The Morgan fingerprint density at radius 2 is 1.66 bits per heavy atom. The van der Waals surface area contributed by atoms with Crippen molar-refractivity contribution in [1.29, 1.82) is 0 Å². The highest BCUT2D eigenvalue weighted by atomic mass is 19.4. The molecule has 2 amide bonds. The maximum Gasteiger partial charge on any atom is 0.416 e. The number of nitrogens with one attached hydrogen (secondary N) is 1. The number of piperazine rings is 1. The summed E-state index contributed by atoms with van der Waals surface area (Å²) >= 11 is 0. The monoisotopic (exact) mass is 497 g/mol. The number of alkyl halides is 3. The number of ether oxygens (including phenoxy) is 1. The van der Waals surface area contributed by atoms with E-state index in [1.54, 1.807) is 11.0 Å². The molecule has 1 aromatic carbocycles. The van der Waals surface area contributed by atoms with E-state index in [0.717, 1.165) is 26.2 Å². The Labute approximate surface area is 206 Å². The first kappa shape index (κ1) is 26.0. The van der Waals surface area contributed by atoms with Crippen LogP contribution < -0.4 is 10.2 Å². The predicted octanol–water partition coefficient (Wildman–Crippen LogP) is 3.24. The number of halogens is 3. The fourth-order valence-electron chi connectivity index (χ4n) is 5.40. The fourth-order valence-corrected chi connectivity index (χ4v) is 5.40. The number of amides is 2. The molecule has 0 saturated carbocycles. The van der Waals surface area contributed by atoms with Crippen molar-refractivity contribution in [3.05, 3.63) is 29.3 Å². The molecule has 196 valence electrons. The molecule has 10 heteroatoms. The standard InChI is InChI=1S/C25H38F3N5O2/c1-19-3-4-20(2)33(19)12-9-30-7-10-32(11-8-30)24(34)29-18-21-5-6-22(17-23(21)25(26,27)28)31-13-15-35-16-14-31/h5-6,17,19-20H,3-4,7-16,18H2,1-2H3,(H,29,34). The molecule has 35 heavy (non-hydrogen) atoms. The number of benzene rings is 1. The molecule has 0 aromatic heterocycles. The van der Waals surface area contributed by atoms with Gasteiger partial charge in [-0.2, -0.15) is 13.2 Å². The summed E-state index contributed by atoms with van der Waals surface area (Å²) in [5, 5.41) is 2.71. The van der Waals surface area contributed by atoms with Crippen LogP contribution in [0.1, 0.15) is 37.8 Å². The number of carbonyl (C=O) groups excluding carboxylic acids is 1. The van der Waals surface area contributed by atoms with E-state index in [9.17, 15) is 18.0 Å². The Morgan fingerprint density at radius 3 is 2.29 bits per heavy atom. The minimum Gasteiger partial charge on any atom is -0.378 e. The van der Waals surface area contributed by atoms with Gasteiger partial charge in [-0.1, -0.05) is 6.07 Å². The summed E-state index contributed by atoms with van der Waals surface area (Å²) in [5.41, 5.74) is -0.0862. The van der Waals surface area contributed by atoms with Gasteiger partial charge >= 0.3 is 12.2 Å². The van der Waals surface area contributed by atoms with Crippen LogP contribution in [-0.4, -0.2) is 98.4 Å². The first-order valence-corrected chi connectivity index (χ1v) is 12.8. The van der Waals surface area contributed by atoms with Gasteiger partial charge in [0.05, 0.1) is 18.8 Å². The van der Waals surface area contributed by atoms with Crippen molar-refractivity contribution in [2.24, 2.45) is 0 Å². The number of hydrogen-bond donors (Lipinski definition) is 1. The number of urea groups is 1. The number of rotatable bonds is 6. The quantitative estimate of drug-likeness (QED) is 0.654. The molecule has 4 rings (SSSR count). The number of morpholine rings is 1. The maximum atomic E-state index is 13.8. The number of likely N-dealkylation sites (tertiary alicyclic amines) is 1. The van der Waals surface area contributed by atoms with Crippen LogP contribution in [0.2, 0.25) is 0 Å². The van der Waals surface area contributed by atoms with Gasteiger partial charge in [-0.15, -0.1) is 0 Å². The van der Waals surface area contributed by atoms with E-state index in [0.29, 0.717) is 57.2 Å². The molecule has 3 aliphatic rings. The number of carbonyl (C=O) groups is 1. The van der Waals surface area contributed by atoms with Crippen molar-refractivity contribution in [2.45, 2.75) is 51.5 Å². The molecule has 3 saturated heterocycles. The second kappa shape index (κ2) is 11.3. The second-order valence-corrected chi connectivity index (χ2v) is 9.94. The largest absolute Gasteiger partial charge is 0.416 e. The third-order valence-corrected chi connectivity index (χ3v) is 7.67. The zero-order chi connectivity index (χ0) is 25.0. The van der Waals surface area contributed by atoms with E-state index in [-0.39, 0.29) is 18.1 Å². The minimum atomic E-state index is -4.49. The summed E-state index contributed by atoms with van der Waals surface area (Å²) in [5.74, 6) is 0. The van der Waals surface area contributed by atoms with Gasteiger partial charge in [0.2, 0.25) is 0 Å². The van der Waals surface area contributed by atoms with Crippen LogP contribution in [0.25, 0.3) is 0 Å². The normalized spacial score (nSPS) is 24.7. The Hall–Kier alpha value is -2.04. The molecule has 3 aliphatic heterocycles. The van der Waals surface area contributed by atoms with Crippen molar-refractivity contribution in [3.8, 4) is 0 Å². The van der Waals surface area contributed by atoms with Crippen molar-refractivity contribution >= 4 is 11.7 Å². The third kappa shape index (κ3) is 6.59. The smallest absolute Gasteiger partial charge is 0.378 e. The summed E-state index contributed by atoms with van der Waals surface area (Å²) in [7, 11) is 0. The summed E-state index contributed by atoms with van der Waals surface area (Å²) in [6, 6.07) is 5.31. The van der Waals surface area contributed by atoms with E-state index in [1.165, 1.54) is 25.0 Å². The molecular weight excluding hydrogens is 459 g/mol. The molecule has 3 fully saturated rings. The highest BCUT2D eigenvalue weighted by molar-refractivity contribution is 5.74. The average Bonchev–Trinajstić information content (AvgIpc) is 3.18. The van der Waals surface area contributed by atoms with Crippen LogP contribution >= 0.6 is 0 Å². The first-order valence-electron chi connectivity index (χ1n) is 12.8. The van der Waals surface area contributed by atoms with Crippen molar-refractivity contribution < 1.29 is 22.7 Å². The van der Waals surface area contributed by atoms with Crippen LogP contribution in [0.3, 0.4) is 0 Å². The van der Waals surface area contributed by atoms with Crippen LogP contribution in [0.15, 0.2) is 18.2 Å². The van der Waals surface area contributed by atoms with Gasteiger partial charge in [-0.3, -0.25) is 9.80 Å². The van der Waals surface area contributed by atoms with Gasteiger partial charge in [0.15, 0.2) is 0 Å². The highest BCUT2D eigenvalue weighted by Crippen LogP contribution is 2.35. The van der Waals surface area contributed by atoms with Crippen LogP contribution in [0.4, 0.5) is 23.7 Å². The molecule has 1 N–H and O–H groups in total. The van der Waals surface area contributed by atoms with E-state index in [2.05, 4.69) is 29.0 Å². The van der Waals surface area contributed by atoms with Gasteiger partial charge in [-0.25, -0.2) is 4.79 Å². The molecule has 2 unspecified atom stereocenters. The Kier molecular flexibility index (Phi) is 8.44. The first-order chi connectivity index (χ1) is 16.7. The minimum absolute atomic E-state index is 0.0790. The Balaban J connectivity index is 1.27. The summed E-state index contributed by atoms with van der Waals surface area (Å²) in [4.78, 5) is 21.2. The van der Waals surface area contributed by atoms with Crippen LogP contribution in [0, 0.1) is 0 Å². The lowest BCUT2D eigenvalue weighted by molar-refractivity contribution is -0.138. The third-order valence-electron chi connectivity index (χ3n) is 7.67. The van der Waals surface area contributed by atoms with Gasteiger partial charge in [-0.05, 0) is 44.4 Å².